The number of hydrogen-bond acceptors (Lipinski definition) is 4. The second-order valence-corrected chi connectivity index (χ2v) is 8.55. The Hall–Kier alpha value is -1.95. The summed E-state index contributed by atoms with van der Waals surface area (Å²) in [7, 11) is 0. The van der Waals surface area contributed by atoms with E-state index in [4.69, 9.17) is 27.9 Å². The molecule has 3 rings (SSSR count). The lowest BCUT2D eigenvalue weighted by molar-refractivity contribution is -0.123. The van der Waals surface area contributed by atoms with Crippen molar-refractivity contribution >= 4 is 52.2 Å². The van der Waals surface area contributed by atoms with E-state index in [0.717, 1.165) is 28.0 Å². The maximum atomic E-state index is 12.7. The molecule has 0 saturated carbocycles. The van der Waals surface area contributed by atoms with Crippen molar-refractivity contribution in [2.45, 2.75) is 20.4 Å². The van der Waals surface area contributed by atoms with Gasteiger partial charge in [-0.3, -0.25) is 14.5 Å². The summed E-state index contributed by atoms with van der Waals surface area (Å²) in [5, 5.41) is 0.504. The number of thioether (sulfide) groups is 1. The van der Waals surface area contributed by atoms with Gasteiger partial charge in [0.2, 0.25) is 0 Å². The minimum absolute atomic E-state index is 0.0441. The van der Waals surface area contributed by atoms with E-state index in [1.807, 2.05) is 24.3 Å². The molecule has 1 saturated heterocycles. The van der Waals surface area contributed by atoms with Crippen LogP contribution in [0.15, 0.2) is 47.4 Å². The number of amides is 2. The van der Waals surface area contributed by atoms with Crippen molar-refractivity contribution < 1.29 is 14.3 Å². The maximum absolute atomic E-state index is 12.7. The molecule has 0 bridgehead atoms. The van der Waals surface area contributed by atoms with Gasteiger partial charge in [-0.25, -0.2) is 0 Å². The smallest absolute Gasteiger partial charge is 0.293 e. The van der Waals surface area contributed by atoms with Crippen LogP contribution in [0.2, 0.25) is 10.0 Å². The van der Waals surface area contributed by atoms with Crippen molar-refractivity contribution in [1.29, 1.82) is 0 Å². The van der Waals surface area contributed by atoms with Gasteiger partial charge in [0.15, 0.2) is 0 Å². The number of nitrogens with zero attached hydrogens (tertiary/aromatic N) is 1. The summed E-state index contributed by atoms with van der Waals surface area (Å²) in [5.74, 6) is 0.858. The summed E-state index contributed by atoms with van der Waals surface area (Å²) in [5.41, 5.74) is 1.37. The molecule has 0 N–H and O–H groups in total. The highest BCUT2D eigenvalue weighted by atomic mass is 35.5. The molecule has 0 aliphatic carbocycles. The predicted molar refractivity (Wildman–Crippen MR) is 115 cm³/mol. The molecule has 4 nitrogen and oxygen atoms in total. The molecule has 0 aromatic heterocycles. The third-order valence-corrected chi connectivity index (χ3v) is 5.63. The van der Waals surface area contributed by atoms with Gasteiger partial charge in [0, 0.05) is 15.6 Å². The number of halogens is 2. The molecular formula is C21H19Cl2NO3S. The fraction of sp³-hybridized carbons (Fsp3) is 0.238. The van der Waals surface area contributed by atoms with E-state index in [0.29, 0.717) is 33.0 Å². The largest absolute Gasteiger partial charge is 0.493 e. The number of carbonyl (C=O) groups excluding carboxylic acids is 2. The van der Waals surface area contributed by atoms with Gasteiger partial charge in [-0.2, -0.15) is 0 Å². The number of hydrogen-bond donors (Lipinski definition) is 0. The predicted octanol–water partition coefficient (Wildman–Crippen LogP) is 6.26. The first kappa shape index (κ1) is 20.8. The van der Waals surface area contributed by atoms with Crippen LogP contribution in [0.4, 0.5) is 4.79 Å². The SMILES string of the molecule is CC(C)COc1ccc(/C=C2\SC(=O)N(Cc3c(Cl)cccc3Cl)C2=O)cc1. The van der Waals surface area contributed by atoms with Crippen LogP contribution >= 0.6 is 35.0 Å². The van der Waals surface area contributed by atoms with Gasteiger partial charge in [-0.05, 0) is 53.6 Å². The molecule has 7 heteroatoms. The van der Waals surface area contributed by atoms with Crippen LogP contribution in [0, 0.1) is 5.92 Å². The fourth-order valence-electron chi connectivity index (χ4n) is 2.55. The van der Waals surface area contributed by atoms with E-state index < -0.39 is 0 Å². The summed E-state index contributed by atoms with van der Waals surface area (Å²) in [4.78, 5) is 26.6. The zero-order chi connectivity index (χ0) is 20.3. The highest BCUT2D eigenvalue weighted by molar-refractivity contribution is 8.18. The van der Waals surface area contributed by atoms with Gasteiger partial charge >= 0.3 is 0 Å². The summed E-state index contributed by atoms with van der Waals surface area (Å²) < 4.78 is 5.66. The maximum Gasteiger partial charge on any atom is 0.293 e. The van der Waals surface area contributed by atoms with Crippen molar-refractivity contribution in [3.05, 3.63) is 68.5 Å². The van der Waals surface area contributed by atoms with Gasteiger partial charge in [-0.1, -0.05) is 55.2 Å². The highest BCUT2D eigenvalue weighted by Gasteiger charge is 2.35. The lowest BCUT2D eigenvalue weighted by atomic mass is 10.2. The third-order valence-electron chi connectivity index (χ3n) is 4.01. The highest BCUT2D eigenvalue weighted by Crippen LogP contribution is 2.35. The van der Waals surface area contributed by atoms with Crippen LogP contribution in [0.1, 0.15) is 25.0 Å². The Labute approximate surface area is 178 Å². The second-order valence-electron chi connectivity index (χ2n) is 6.74. The molecule has 2 aromatic rings. The Kier molecular flexibility index (Phi) is 6.70. The van der Waals surface area contributed by atoms with Crippen molar-refractivity contribution in [2.24, 2.45) is 5.92 Å². The normalized spacial score (nSPS) is 15.8. The van der Waals surface area contributed by atoms with E-state index in [-0.39, 0.29) is 17.7 Å². The summed E-state index contributed by atoms with van der Waals surface area (Å²) >= 11 is 13.2. The topological polar surface area (TPSA) is 46.6 Å². The monoisotopic (exact) mass is 435 g/mol. The van der Waals surface area contributed by atoms with E-state index in [1.165, 1.54) is 0 Å². The third kappa shape index (κ3) is 4.90. The molecule has 0 spiro atoms. The Morgan fingerprint density at radius 2 is 1.71 bits per heavy atom. The van der Waals surface area contributed by atoms with Gasteiger partial charge in [0.25, 0.3) is 11.1 Å². The molecule has 28 heavy (non-hydrogen) atoms. The summed E-state index contributed by atoms with van der Waals surface area (Å²) in [6, 6.07) is 12.5. The van der Waals surface area contributed by atoms with Gasteiger partial charge in [0.1, 0.15) is 5.75 Å². The Morgan fingerprint density at radius 1 is 1.07 bits per heavy atom. The average molecular weight is 436 g/mol. The minimum Gasteiger partial charge on any atom is -0.493 e. The lowest BCUT2D eigenvalue weighted by Gasteiger charge is -2.14. The first-order valence-corrected chi connectivity index (χ1v) is 10.3. The Bertz CT molecular complexity index is 905. The van der Waals surface area contributed by atoms with Crippen molar-refractivity contribution in [2.75, 3.05) is 6.61 Å². The van der Waals surface area contributed by atoms with Crippen LogP contribution in [-0.4, -0.2) is 22.7 Å². The van der Waals surface area contributed by atoms with Crippen LogP contribution in [0.5, 0.6) is 5.75 Å². The van der Waals surface area contributed by atoms with Crippen LogP contribution in [0.3, 0.4) is 0 Å². The van der Waals surface area contributed by atoms with Crippen LogP contribution in [-0.2, 0) is 11.3 Å². The van der Waals surface area contributed by atoms with Gasteiger partial charge in [-0.15, -0.1) is 0 Å². The summed E-state index contributed by atoms with van der Waals surface area (Å²) in [6.45, 7) is 4.85. The van der Waals surface area contributed by atoms with E-state index in [1.54, 1.807) is 24.3 Å². The van der Waals surface area contributed by atoms with Gasteiger partial charge in [0.05, 0.1) is 18.1 Å². The average Bonchev–Trinajstić information content (AvgIpc) is 2.91. The Morgan fingerprint density at radius 3 is 2.32 bits per heavy atom. The fourth-order valence-corrected chi connectivity index (χ4v) is 3.91. The zero-order valence-electron chi connectivity index (χ0n) is 15.4. The number of ether oxygens (including phenoxy) is 1. The number of imide groups is 1. The molecule has 2 aromatic carbocycles. The molecule has 2 amide bonds. The molecule has 1 fully saturated rings. The molecule has 1 heterocycles. The van der Waals surface area contributed by atoms with E-state index in [9.17, 15) is 9.59 Å². The van der Waals surface area contributed by atoms with E-state index >= 15 is 0 Å². The molecule has 0 radical (unpaired) electrons. The lowest BCUT2D eigenvalue weighted by Crippen LogP contribution is -2.27. The molecular weight excluding hydrogens is 417 g/mol. The van der Waals surface area contributed by atoms with Crippen molar-refractivity contribution in [3.63, 3.8) is 0 Å². The first-order valence-electron chi connectivity index (χ1n) is 8.76. The van der Waals surface area contributed by atoms with Crippen molar-refractivity contribution in [3.8, 4) is 5.75 Å². The second kappa shape index (κ2) is 9.03. The van der Waals surface area contributed by atoms with Crippen molar-refractivity contribution in [1.82, 2.24) is 4.90 Å². The number of carbonyl (C=O) groups is 2. The minimum atomic E-state index is -0.355. The van der Waals surface area contributed by atoms with E-state index in [2.05, 4.69) is 13.8 Å². The number of rotatable bonds is 6. The zero-order valence-corrected chi connectivity index (χ0v) is 17.8. The summed E-state index contributed by atoms with van der Waals surface area (Å²) in [6.07, 6.45) is 1.70. The molecule has 1 aliphatic heterocycles. The Balaban J connectivity index is 1.74. The molecule has 0 unspecified atom stereocenters. The first-order chi connectivity index (χ1) is 13.3. The molecule has 0 atom stereocenters. The van der Waals surface area contributed by atoms with Gasteiger partial charge < -0.3 is 4.74 Å². The number of benzene rings is 2. The standard InChI is InChI=1S/C21H19Cl2NO3S/c1-13(2)12-27-15-8-6-14(7-9-15)10-19-20(25)24(21(26)28-19)11-16-17(22)4-3-5-18(16)23/h3-10,13H,11-12H2,1-2H3/b19-10-. The molecule has 146 valence electrons. The molecule has 1 aliphatic rings. The van der Waals surface area contributed by atoms with Crippen LogP contribution in [0.25, 0.3) is 6.08 Å². The quantitative estimate of drug-likeness (QED) is 0.501. The van der Waals surface area contributed by atoms with Crippen LogP contribution < -0.4 is 4.74 Å².